The fourth-order valence-corrected chi connectivity index (χ4v) is 1.37. The third-order valence-corrected chi connectivity index (χ3v) is 2.17. The number of rotatable bonds is 3. The summed E-state index contributed by atoms with van der Waals surface area (Å²) in [7, 11) is 0. The van der Waals surface area contributed by atoms with E-state index in [1.54, 1.807) is 24.3 Å². The lowest BCUT2D eigenvalue weighted by Crippen LogP contribution is -2.22. The van der Waals surface area contributed by atoms with Crippen LogP contribution in [0, 0.1) is 0 Å². The van der Waals surface area contributed by atoms with Crippen LogP contribution in [0.3, 0.4) is 0 Å². The number of carbonyl (C=O) groups is 2. The predicted octanol–water partition coefficient (Wildman–Crippen LogP) is 1.15. The molecule has 1 heterocycles. The molecule has 7 heteroatoms. The van der Waals surface area contributed by atoms with Gasteiger partial charge >= 0.3 is 6.03 Å². The number of urea groups is 1. The summed E-state index contributed by atoms with van der Waals surface area (Å²) in [5.74, 6) is -0.505. The number of nitrogens with zero attached hydrogens (tertiary/aromatic N) is 1. The van der Waals surface area contributed by atoms with Gasteiger partial charge in [-0.2, -0.15) is 5.10 Å². The molecule has 0 atom stereocenters. The molecule has 18 heavy (non-hydrogen) atoms. The number of anilines is 2. The van der Waals surface area contributed by atoms with Gasteiger partial charge in [0.2, 0.25) is 0 Å². The van der Waals surface area contributed by atoms with E-state index in [4.69, 9.17) is 5.73 Å². The molecule has 1 aromatic carbocycles. The second-order valence-electron chi connectivity index (χ2n) is 3.47. The van der Waals surface area contributed by atoms with Crippen LogP contribution in [0.1, 0.15) is 10.4 Å². The van der Waals surface area contributed by atoms with E-state index < -0.39 is 11.9 Å². The number of nitrogens with two attached hydrogens (primary N) is 1. The Balaban J connectivity index is 2.04. The van der Waals surface area contributed by atoms with E-state index in [2.05, 4.69) is 20.8 Å². The molecule has 0 radical (unpaired) electrons. The minimum atomic E-state index is -0.668. The van der Waals surface area contributed by atoms with Crippen LogP contribution in [0.15, 0.2) is 36.5 Å². The number of benzene rings is 1. The molecule has 0 aliphatic rings. The first-order chi connectivity index (χ1) is 8.66. The fraction of sp³-hybridized carbons (Fsp3) is 0. The molecule has 2 rings (SSSR count). The fourth-order valence-electron chi connectivity index (χ4n) is 1.37. The number of aromatic nitrogens is 2. The Morgan fingerprint density at radius 3 is 2.56 bits per heavy atom. The van der Waals surface area contributed by atoms with Crippen molar-refractivity contribution in [3.05, 3.63) is 42.1 Å². The number of amides is 3. The third-order valence-electron chi connectivity index (χ3n) is 2.17. The van der Waals surface area contributed by atoms with E-state index in [0.717, 1.165) is 0 Å². The van der Waals surface area contributed by atoms with Crippen LogP contribution in [0.4, 0.5) is 16.3 Å². The highest BCUT2D eigenvalue weighted by Crippen LogP contribution is 2.11. The molecular formula is C11H11N5O2. The summed E-state index contributed by atoms with van der Waals surface area (Å²) in [5.41, 5.74) is 5.87. The van der Waals surface area contributed by atoms with Crippen molar-refractivity contribution in [1.82, 2.24) is 10.2 Å². The molecule has 0 bridgehead atoms. The molecule has 92 valence electrons. The lowest BCUT2D eigenvalue weighted by atomic mass is 10.3. The van der Waals surface area contributed by atoms with E-state index in [1.807, 2.05) is 6.07 Å². The van der Waals surface area contributed by atoms with Gasteiger partial charge in [-0.15, -0.1) is 0 Å². The van der Waals surface area contributed by atoms with E-state index in [1.165, 1.54) is 6.20 Å². The Kier molecular flexibility index (Phi) is 3.24. The molecule has 0 spiro atoms. The first-order valence-electron chi connectivity index (χ1n) is 5.13. The van der Waals surface area contributed by atoms with Crippen LogP contribution < -0.4 is 16.4 Å². The molecule has 0 saturated carbocycles. The lowest BCUT2D eigenvalue weighted by molar-refractivity contribution is 0.100. The normalized spacial score (nSPS) is 9.78. The SMILES string of the molecule is NC(=O)c1cn[nH]c1NC(=O)Nc1ccccc1. The second-order valence-corrected chi connectivity index (χ2v) is 3.47. The summed E-state index contributed by atoms with van der Waals surface area (Å²) in [6.45, 7) is 0. The highest BCUT2D eigenvalue weighted by Gasteiger charge is 2.12. The zero-order valence-electron chi connectivity index (χ0n) is 9.31. The van der Waals surface area contributed by atoms with E-state index >= 15 is 0 Å². The van der Waals surface area contributed by atoms with Gasteiger partial charge in [-0.3, -0.25) is 15.2 Å². The van der Waals surface area contributed by atoms with Crippen LogP contribution in [0.5, 0.6) is 0 Å². The monoisotopic (exact) mass is 245 g/mol. The average Bonchev–Trinajstić information content (AvgIpc) is 2.78. The van der Waals surface area contributed by atoms with Crippen molar-refractivity contribution in [2.45, 2.75) is 0 Å². The van der Waals surface area contributed by atoms with Crippen molar-refractivity contribution in [2.24, 2.45) is 5.73 Å². The van der Waals surface area contributed by atoms with Crippen molar-refractivity contribution in [3.63, 3.8) is 0 Å². The van der Waals surface area contributed by atoms with Crippen LogP contribution >= 0.6 is 0 Å². The zero-order valence-corrected chi connectivity index (χ0v) is 9.31. The van der Waals surface area contributed by atoms with E-state index in [-0.39, 0.29) is 11.4 Å². The summed E-state index contributed by atoms with van der Waals surface area (Å²) < 4.78 is 0. The molecule has 2 aromatic rings. The van der Waals surface area contributed by atoms with Gasteiger partial charge in [-0.1, -0.05) is 18.2 Å². The minimum Gasteiger partial charge on any atom is -0.365 e. The first-order valence-corrected chi connectivity index (χ1v) is 5.13. The summed E-state index contributed by atoms with van der Waals surface area (Å²) in [6.07, 6.45) is 1.25. The van der Waals surface area contributed by atoms with Crippen molar-refractivity contribution in [3.8, 4) is 0 Å². The van der Waals surface area contributed by atoms with Gasteiger partial charge in [0.1, 0.15) is 11.4 Å². The average molecular weight is 245 g/mol. The molecule has 7 nitrogen and oxygen atoms in total. The summed E-state index contributed by atoms with van der Waals surface area (Å²) in [4.78, 5) is 22.6. The van der Waals surface area contributed by atoms with Crippen molar-refractivity contribution < 1.29 is 9.59 Å². The number of para-hydroxylation sites is 1. The summed E-state index contributed by atoms with van der Waals surface area (Å²) in [5, 5.41) is 11.2. The maximum absolute atomic E-state index is 11.6. The maximum atomic E-state index is 11.6. The van der Waals surface area contributed by atoms with Gasteiger partial charge in [0.25, 0.3) is 5.91 Å². The van der Waals surface area contributed by atoms with Gasteiger partial charge in [0.05, 0.1) is 6.20 Å². The van der Waals surface area contributed by atoms with Crippen LogP contribution in [-0.2, 0) is 0 Å². The second kappa shape index (κ2) is 5.00. The Morgan fingerprint density at radius 1 is 1.17 bits per heavy atom. The number of H-pyrrole nitrogens is 1. The van der Waals surface area contributed by atoms with E-state index in [0.29, 0.717) is 5.69 Å². The number of nitrogens with one attached hydrogen (secondary N) is 3. The number of carbonyl (C=O) groups excluding carboxylic acids is 2. The topological polar surface area (TPSA) is 113 Å². The first kappa shape index (κ1) is 11.6. The standard InChI is InChI=1S/C11H11N5O2/c12-9(17)8-6-13-16-10(8)15-11(18)14-7-4-2-1-3-5-7/h1-6H,(H2,12,17)(H3,13,14,15,16,18). The zero-order chi connectivity index (χ0) is 13.0. The van der Waals surface area contributed by atoms with Gasteiger partial charge in [0.15, 0.2) is 0 Å². The maximum Gasteiger partial charge on any atom is 0.324 e. The Labute approximate surface area is 102 Å². The lowest BCUT2D eigenvalue weighted by Gasteiger charge is -2.06. The number of hydrogen-bond donors (Lipinski definition) is 4. The smallest absolute Gasteiger partial charge is 0.324 e. The quantitative estimate of drug-likeness (QED) is 0.650. The van der Waals surface area contributed by atoms with Gasteiger partial charge < -0.3 is 11.1 Å². The molecule has 3 amide bonds. The van der Waals surface area contributed by atoms with Gasteiger partial charge in [-0.05, 0) is 12.1 Å². The molecule has 5 N–H and O–H groups in total. The Morgan fingerprint density at radius 2 is 1.89 bits per heavy atom. The van der Waals surface area contributed by atoms with Crippen LogP contribution in [0.2, 0.25) is 0 Å². The van der Waals surface area contributed by atoms with Crippen molar-refractivity contribution >= 4 is 23.4 Å². The Hall–Kier alpha value is -2.83. The molecule has 0 aliphatic heterocycles. The number of primary amides is 1. The molecule has 1 aromatic heterocycles. The molecular weight excluding hydrogens is 234 g/mol. The summed E-state index contributed by atoms with van der Waals surface area (Å²) >= 11 is 0. The molecule has 0 aliphatic carbocycles. The largest absolute Gasteiger partial charge is 0.365 e. The molecule has 0 saturated heterocycles. The number of hydrogen-bond acceptors (Lipinski definition) is 3. The Bertz CT molecular complexity index is 564. The van der Waals surface area contributed by atoms with Crippen LogP contribution in [0.25, 0.3) is 0 Å². The highest BCUT2D eigenvalue weighted by atomic mass is 16.2. The van der Waals surface area contributed by atoms with Gasteiger partial charge in [-0.25, -0.2) is 4.79 Å². The molecule has 0 unspecified atom stereocenters. The third kappa shape index (κ3) is 2.64. The predicted molar refractivity (Wildman–Crippen MR) is 66.2 cm³/mol. The van der Waals surface area contributed by atoms with Crippen molar-refractivity contribution in [2.75, 3.05) is 10.6 Å². The summed E-state index contributed by atoms with van der Waals surface area (Å²) in [6, 6.07) is 8.40. The van der Waals surface area contributed by atoms with E-state index in [9.17, 15) is 9.59 Å². The molecule has 0 fully saturated rings. The minimum absolute atomic E-state index is 0.123. The van der Waals surface area contributed by atoms with Crippen molar-refractivity contribution in [1.29, 1.82) is 0 Å². The number of aromatic amines is 1. The highest BCUT2D eigenvalue weighted by molar-refractivity contribution is 6.04. The van der Waals surface area contributed by atoms with Gasteiger partial charge in [0, 0.05) is 5.69 Å². The van der Waals surface area contributed by atoms with Crippen LogP contribution in [-0.4, -0.2) is 22.1 Å².